The molecule has 5 rings (SSSR count). The van der Waals surface area contributed by atoms with Crippen LogP contribution in [0.1, 0.15) is 39.7 Å². The Kier molecular flexibility index (Phi) is 8.68. The summed E-state index contributed by atoms with van der Waals surface area (Å²) in [4.78, 5) is 32.3. The molecule has 9 heteroatoms. The molecule has 1 aromatic heterocycles. The zero-order valence-electron chi connectivity index (χ0n) is 22.3. The number of rotatable bonds is 10. The van der Waals surface area contributed by atoms with Crippen LogP contribution in [-0.4, -0.2) is 74.8 Å². The van der Waals surface area contributed by atoms with Gasteiger partial charge in [-0.1, -0.05) is 12.1 Å². The van der Waals surface area contributed by atoms with Gasteiger partial charge in [0.2, 0.25) is 5.91 Å². The second-order valence-electron chi connectivity index (χ2n) is 9.69. The topological polar surface area (TPSA) is 77.5 Å². The van der Waals surface area contributed by atoms with Crippen molar-refractivity contribution in [3.8, 4) is 17.2 Å². The third kappa shape index (κ3) is 6.37. The molecule has 0 saturated carbocycles. The molecule has 2 aliphatic heterocycles. The Morgan fingerprint density at radius 1 is 1.05 bits per heavy atom. The van der Waals surface area contributed by atoms with Crippen LogP contribution in [0.25, 0.3) is 0 Å². The van der Waals surface area contributed by atoms with Crippen LogP contribution in [0.5, 0.6) is 17.2 Å². The molecule has 0 aliphatic carbocycles. The van der Waals surface area contributed by atoms with Gasteiger partial charge in [0.25, 0.3) is 5.91 Å². The Bertz CT molecular complexity index is 1290. The number of thiophene rings is 1. The van der Waals surface area contributed by atoms with Crippen LogP contribution >= 0.6 is 11.3 Å². The lowest BCUT2D eigenvalue weighted by Crippen LogP contribution is -2.49. The highest BCUT2D eigenvalue weighted by Crippen LogP contribution is 2.34. The minimum absolute atomic E-state index is 0.0367. The Labute approximate surface area is 233 Å². The predicted octanol–water partition coefficient (Wildman–Crippen LogP) is 4.59. The van der Waals surface area contributed by atoms with Crippen LogP contribution < -0.4 is 14.2 Å². The van der Waals surface area contributed by atoms with Gasteiger partial charge in [0.1, 0.15) is 30.4 Å². The number of amides is 2. The summed E-state index contributed by atoms with van der Waals surface area (Å²) in [5, 5.41) is 2.06. The fourth-order valence-electron chi connectivity index (χ4n) is 5.19. The number of carbonyl (C=O) groups excluding carboxylic acids is 2. The minimum atomic E-state index is -0.254. The lowest BCUT2D eigenvalue weighted by molar-refractivity contribution is -0.135. The summed E-state index contributed by atoms with van der Waals surface area (Å²) in [6.07, 6.45) is 2.53. The molecule has 2 aromatic carbocycles. The molecular formula is C30H34N2O6S. The van der Waals surface area contributed by atoms with Gasteiger partial charge in [-0.05, 0) is 66.6 Å². The first-order valence-electron chi connectivity index (χ1n) is 13.2. The van der Waals surface area contributed by atoms with Crippen LogP contribution in [0.3, 0.4) is 0 Å². The largest absolute Gasteiger partial charge is 0.497 e. The fraction of sp³-hybridized carbons (Fsp3) is 0.400. The molecular weight excluding hydrogens is 516 g/mol. The number of ether oxygens (including phenoxy) is 4. The average molecular weight is 551 g/mol. The molecule has 2 atom stereocenters. The number of hydrogen-bond acceptors (Lipinski definition) is 7. The number of nitrogens with zero attached hydrogens (tertiary/aromatic N) is 2. The smallest absolute Gasteiger partial charge is 0.254 e. The lowest BCUT2D eigenvalue weighted by atomic mass is 10.00. The highest BCUT2D eigenvalue weighted by Gasteiger charge is 2.34. The van der Waals surface area contributed by atoms with Crippen LogP contribution in [-0.2, 0) is 16.0 Å². The first-order valence-corrected chi connectivity index (χ1v) is 14.1. The van der Waals surface area contributed by atoms with Gasteiger partial charge in [-0.3, -0.25) is 9.59 Å². The van der Waals surface area contributed by atoms with E-state index >= 15 is 0 Å². The monoisotopic (exact) mass is 550 g/mol. The predicted molar refractivity (Wildman–Crippen MR) is 149 cm³/mol. The molecule has 2 amide bonds. The SMILES string of the molecule is COc1cccc(OCC2c3ccsc3CCN2C(=O)CN(CC2CCCO2)C(=O)c2cccc(OC)c2)c1. The number of fused-ring (bicyclic) bond motifs is 1. The van der Waals surface area contributed by atoms with Crippen molar-refractivity contribution in [3.05, 3.63) is 76.0 Å². The van der Waals surface area contributed by atoms with E-state index in [9.17, 15) is 9.59 Å². The first kappa shape index (κ1) is 27.0. The van der Waals surface area contributed by atoms with Gasteiger partial charge in [0, 0.05) is 36.2 Å². The Morgan fingerprint density at radius 3 is 2.59 bits per heavy atom. The molecule has 3 aromatic rings. The molecule has 0 spiro atoms. The molecule has 206 valence electrons. The highest BCUT2D eigenvalue weighted by atomic mass is 32.1. The lowest BCUT2D eigenvalue weighted by Gasteiger charge is -2.37. The fourth-order valence-corrected chi connectivity index (χ4v) is 6.12. The minimum Gasteiger partial charge on any atom is -0.497 e. The average Bonchev–Trinajstić information content (AvgIpc) is 3.67. The number of hydrogen-bond donors (Lipinski definition) is 0. The van der Waals surface area contributed by atoms with Crippen molar-refractivity contribution in [1.29, 1.82) is 0 Å². The van der Waals surface area contributed by atoms with Crippen molar-refractivity contribution in [2.24, 2.45) is 0 Å². The first-order chi connectivity index (χ1) is 19.1. The van der Waals surface area contributed by atoms with Crippen molar-refractivity contribution in [3.63, 3.8) is 0 Å². The summed E-state index contributed by atoms with van der Waals surface area (Å²) >= 11 is 1.71. The number of carbonyl (C=O) groups is 2. The second-order valence-corrected chi connectivity index (χ2v) is 10.7. The normalized spacial score (nSPS) is 18.4. The van der Waals surface area contributed by atoms with Gasteiger partial charge in [-0.2, -0.15) is 0 Å². The Morgan fingerprint density at radius 2 is 1.82 bits per heavy atom. The molecule has 3 heterocycles. The molecule has 0 bridgehead atoms. The Balaban J connectivity index is 1.35. The van der Waals surface area contributed by atoms with E-state index in [1.54, 1.807) is 54.7 Å². The van der Waals surface area contributed by atoms with Crippen molar-refractivity contribution in [2.75, 3.05) is 47.1 Å². The maximum atomic E-state index is 13.9. The summed E-state index contributed by atoms with van der Waals surface area (Å²) in [5.74, 6) is 1.66. The van der Waals surface area contributed by atoms with E-state index in [1.165, 1.54) is 4.88 Å². The Hall–Kier alpha value is -3.56. The van der Waals surface area contributed by atoms with Gasteiger partial charge in [0.15, 0.2) is 0 Å². The zero-order valence-corrected chi connectivity index (χ0v) is 23.2. The van der Waals surface area contributed by atoms with Gasteiger partial charge in [0.05, 0.1) is 26.4 Å². The quantitative estimate of drug-likeness (QED) is 0.368. The molecule has 0 radical (unpaired) electrons. The van der Waals surface area contributed by atoms with Crippen molar-refractivity contribution in [1.82, 2.24) is 9.80 Å². The van der Waals surface area contributed by atoms with Gasteiger partial charge in [-0.15, -0.1) is 11.3 Å². The van der Waals surface area contributed by atoms with E-state index in [4.69, 9.17) is 18.9 Å². The number of methoxy groups -OCH3 is 2. The molecule has 2 unspecified atom stereocenters. The summed E-state index contributed by atoms with van der Waals surface area (Å²) in [7, 11) is 3.19. The van der Waals surface area contributed by atoms with Crippen molar-refractivity contribution >= 4 is 23.2 Å². The summed E-state index contributed by atoms with van der Waals surface area (Å²) in [5.41, 5.74) is 1.59. The standard InChI is InChI=1S/C30H34N2O6S/c1-35-22-7-3-6-21(16-22)30(34)31(18-25-10-5-14-37-25)19-29(33)32-13-11-28-26(12-15-39-28)27(32)20-38-24-9-4-8-23(17-24)36-2/h3-4,6-9,12,15-17,25,27H,5,10-11,13-14,18-20H2,1-2H3. The molecule has 0 N–H and O–H groups in total. The van der Waals surface area contributed by atoms with Crippen LogP contribution in [0.15, 0.2) is 60.0 Å². The molecule has 1 fully saturated rings. The van der Waals surface area contributed by atoms with E-state index in [-0.39, 0.29) is 30.5 Å². The number of benzene rings is 2. The van der Waals surface area contributed by atoms with Crippen LogP contribution in [0, 0.1) is 0 Å². The summed E-state index contributed by atoms with van der Waals surface area (Å²) in [6, 6.07) is 16.3. The maximum Gasteiger partial charge on any atom is 0.254 e. The van der Waals surface area contributed by atoms with Crippen LogP contribution in [0.2, 0.25) is 0 Å². The van der Waals surface area contributed by atoms with E-state index in [0.717, 1.165) is 24.8 Å². The van der Waals surface area contributed by atoms with Crippen molar-refractivity contribution < 1.29 is 28.5 Å². The summed E-state index contributed by atoms with van der Waals surface area (Å²) in [6.45, 7) is 1.88. The van der Waals surface area contributed by atoms with Crippen LogP contribution in [0.4, 0.5) is 0 Å². The van der Waals surface area contributed by atoms with Gasteiger partial charge in [-0.25, -0.2) is 0 Å². The third-order valence-corrected chi connectivity index (χ3v) is 8.24. The highest BCUT2D eigenvalue weighted by molar-refractivity contribution is 7.10. The third-order valence-electron chi connectivity index (χ3n) is 7.24. The zero-order chi connectivity index (χ0) is 27.2. The van der Waals surface area contributed by atoms with E-state index in [1.807, 2.05) is 29.2 Å². The summed E-state index contributed by atoms with van der Waals surface area (Å²) < 4.78 is 22.6. The van der Waals surface area contributed by atoms with E-state index in [0.29, 0.717) is 49.1 Å². The maximum absolute atomic E-state index is 13.9. The van der Waals surface area contributed by atoms with E-state index < -0.39 is 0 Å². The molecule has 2 aliphatic rings. The van der Waals surface area contributed by atoms with Crippen molar-refractivity contribution in [2.45, 2.75) is 31.4 Å². The molecule has 8 nitrogen and oxygen atoms in total. The van der Waals surface area contributed by atoms with Gasteiger partial charge >= 0.3 is 0 Å². The van der Waals surface area contributed by atoms with Gasteiger partial charge < -0.3 is 28.7 Å². The van der Waals surface area contributed by atoms with E-state index in [2.05, 4.69) is 11.4 Å². The molecule has 39 heavy (non-hydrogen) atoms. The molecule has 1 saturated heterocycles. The second kappa shape index (κ2) is 12.5.